The molecule has 1 fully saturated rings. The van der Waals surface area contributed by atoms with Crippen LogP contribution in [0, 0.1) is 5.82 Å². The van der Waals surface area contributed by atoms with Crippen LogP contribution in [0.1, 0.15) is 37.4 Å². The van der Waals surface area contributed by atoms with E-state index in [9.17, 15) is 9.18 Å². The number of piperidine rings is 1. The van der Waals surface area contributed by atoms with Crippen LogP contribution in [0.3, 0.4) is 0 Å². The standard InChI is InChI=1S/C17H22FN5O2/c1-12(16-14(18)6-3-7-15(16)25-2)21-17(24)22-8-4-5-13(9-22)23-11-19-10-20-23/h3,6-7,10-13H,4-5,8-9H2,1-2H3,(H,21,24)/t12-,13-/m0/s1. The summed E-state index contributed by atoms with van der Waals surface area (Å²) in [6.45, 7) is 2.96. The molecule has 134 valence electrons. The largest absolute Gasteiger partial charge is 0.496 e. The van der Waals surface area contributed by atoms with E-state index in [1.807, 2.05) is 0 Å². The Hall–Kier alpha value is -2.64. The minimum atomic E-state index is -0.504. The van der Waals surface area contributed by atoms with Gasteiger partial charge in [-0.1, -0.05) is 6.07 Å². The summed E-state index contributed by atoms with van der Waals surface area (Å²) in [5.74, 6) is 0.0261. The first-order chi connectivity index (χ1) is 12.1. The molecule has 1 aliphatic heterocycles. The highest BCUT2D eigenvalue weighted by atomic mass is 19.1. The van der Waals surface area contributed by atoms with Gasteiger partial charge in [-0.25, -0.2) is 18.9 Å². The zero-order valence-electron chi connectivity index (χ0n) is 14.4. The molecule has 0 radical (unpaired) electrons. The SMILES string of the molecule is COc1cccc(F)c1[C@H](C)NC(=O)N1CCC[C@H](n2cncn2)C1. The fourth-order valence-corrected chi connectivity index (χ4v) is 3.23. The summed E-state index contributed by atoms with van der Waals surface area (Å²) in [5, 5.41) is 7.03. The van der Waals surface area contributed by atoms with Crippen molar-refractivity contribution in [1.29, 1.82) is 0 Å². The Morgan fingerprint density at radius 2 is 2.32 bits per heavy atom. The lowest BCUT2D eigenvalue weighted by atomic mass is 10.1. The van der Waals surface area contributed by atoms with Gasteiger partial charge in [-0.3, -0.25) is 0 Å². The van der Waals surface area contributed by atoms with E-state index in [0.29, 0.717) is 24.4 Å². The predicted molar refractivity (Wildman–Crippen MR) is 89.8 cm³/mol. The first-order valence-corrected chi connectivity index (χ1v) is 8.32. The topological polar surface area (TPSA) is 72.3 Å². The fraction of sp³-hybridized carbons (Fsp3) is 0.471. The Kier molecular flexibility index (Phi) is 5.16. The number of rotatable bonds is 4. The molecule has 2 aromatic rings. The number of amides is 2. The van der Waals surface area contributed by atoms with Gasteiger partial charge in [-0.15, -0.1) is 0 Å². The number of ether oxygens (including phenoxy) is 1. The van der Waals surface area contributed by atoms with Gasteiger partial charge >= 0.3 is 6.03 Å². The average molecular weight is 347 g/mol. The minimum Gasteiger partial charge on any atom is -0.496 e. The quantitative estimate of drug-likeness (QED) is 0.922. The summed E-state index contributed by atoms with van der Waals surface area (Å²) < 4.78 is 21.2. The number of carbonyl (C=O) groups excluding carboxylic acids is 1. The lowest BCUT2D eigenvalue weighted by molar-refractivity contribution is 0.160. The molecule has 3 rings (SSSR count). The van der Waals surface area contributed by atoms with Crippen LogP contribution in [-0.4, -0.2) is 45.9 Å². The molecular weight excluding hydrogens is 325 g/mol. The van der Waals surface area contributed by atoms with E-state index < -0.39 is 11.9 Å². The van der Waals surface area contributed by atoms with E-state index in [-0.39, 0.29) is 12.1 Å². The second kappa shape index (κ2) is 7.50. The van der Waals surface area contributed by atoms with Gasteiger partial charge in [0.25, 0.3) is 0 Å². The van der Waals surface area contributed by atoms with Crippen molar-refractivity contribution in [3.8, 4) is 5.75 Å². The fourth-order valence-electron chi connectivity index (χ4n) is 3.23. The third kappa shape index (κ3) is 3.72. The molecular formula is C17H22FN5O2. The van der Waals surface area contributed by atoms with Gasteiger partial charge in [-0.05, 0) is 31.9 Å². The number of nitrogens with zero attached hydrogens (tertiary/aromatic N) is 4. The maximum Gasteiger partial charge on any atom is 0.317 e. The molecule has 0 saturated carbocycles. The minimum absolute atomic E-state index is 0.111. The van der Waals surface area contributed by atoms with Crippen LogP contribution >= 0.6 is 0 Å². The van der Waals surface area contributed by atoms with Crippen molar-refractivity contribution in [2.45, 2.75) is 31.8 Å². The smallest absolute Gasteiger partial charge is 0.317 e. The van der Waals surface area contributed by atoms with Crippen LogP contribution in [0.4, 0.5) is 9.18 Å². The number of likely N-dealkylation sites (tertiary alicyclic amines) is 1. The number of hydrogen-bond donors (Lipinski definition) is 1. The molecule has 25 heavy (non-hydrogen) atoms. The lowest BCUT2D eigenvalue weighted by Gasteiger charge is -2.33. The van der Waals surface area contributed by atoms with E-state index in [0.717, 1.165) is 12.8 Å². The number of urea groups is 1. The molecule has 1 aliphatic rings. The average Bonchev–Trinajstić information content (AvgIpc) is 3.16. The first kappa shape index (κ1) is 17.2. The van der Waals surface area contributed by atoms with Crippen molar-refractivity contribution in [1.82, 2.24) is 25.0 Å². The van der Waals surface area contributed by atoms with Crippen LogP contribution in [0.15, 0.2) is 30.9 Å². The third-order valence-corrected chi connectivity index (χ3v) is 4.50. The van der Waals surface area contributed by atoms with Crippen LogP contribution in [0.5, 0.6) is 5.75 Å². The number of methoxy groups -OCH3 is 1. The van der Waals surface area contributed by atoms with E-state index >= 15 is 0 Å². The second-order valence-electron chi connectivity index (χ2n) is 6.14. The number of carbonyl (C=O) groups is 1. The number of benzene rings is 1. The van der Waals surface area contributed by atoms with Crippen molar-refractivity contribution in [2.75, 3.05) is 20.2 Å². The van der Waals surface area contributed by atoms with E-state index in [2.05, 4.69) is 15.4 Å². The summed E-state index contributed by atoms with van der Waals surface area (Å²) in [4.78, 5) is 18.3. The zero-order chi connectivity index (χ0) is 17.8. The molecule has 1 N–H and O–H groups in total. The molecule has 1 aromatic heterocycles. The Morgan fingerprint density at radius 1 is 1.48 bits per heavy atom. The third-order valence-electron chi connectivity index (χ3n) is 4.50. The van der Waals surface area contributed by atoms with Crippen molar-refractivity contribution in [3.05, 3.63) is 42.2 Å². The molecule has 0 bridgehead atoms. The summed E-state index contributed by atoms with van der Waals surface area (Å²) >= 11 is 0. The molecule has 1 saturated heterocycles. The van der Waals surface area contributed by atoms with Gasteiger partial charge < -0.3 is 15.0 Å². The summed E-state index contributed by atoms with van der Waals surface area (Å²) in [6, 6.07) is 4.02. The Bertz CT molecular complexity index is 722. The summed E-state index contributed by atoms with van der Waals surface area (Å²) in [7, 11) is 1.49. The first-order valence-electron chi connectivity index (χ1n) is 8.32. The molecule has 1 aromatic carbocycles. The van der Waals surface area contributed by atoms with Gasteiger partial charge in [0.05, 0.1) is 24.8 Å². The van der Waals surface area contributed by atoms with E-state index in [1.165, 1.54) is 19.5 Å². The zero-order valence-corrected chi connectivity index (χ0v) is 14.4. The lowest BCUT2D eigenvalue weighted by Crippen LogP contribution is -2.46. The van der Waals surface area contributed by atoms with Crippen LogP contribution in [0.25, 0.3) is 0 Å². The van der Waals surface area contributed by atoms with Gasteiger partial charge in [0.15, 0.2) is 0 Å². The van der Waals surface area contributed by atoms with Gasteiger partial charge in [0, 0.05) is 13.1 Å². The molecule has 2 heterocycles. The highest BCUT2D eigenvalue weighted by Gasteiger charge is 2.27. The monoisotopic (exact) mass is 347 g/mol. The van der Waals surface area contributed by atoms with Crippen molar-refractivity contribution >= 4 is 6.03 Å². The Labute approximate surface area is 145 Å². The molecule has 7 nitrogen and oxygen atoms in total. The van der Waals surface area contributed by atoms with Crippen LogP contribution in [0.2, 0.25) is 0 Å². The highest BCUT2D eigenvalue weighted by molar-refractivity contribution is 5.75. The van der Waals surface area contributed by atoms with Gasteiger partial charge in [0.1, 0.15) is 24.2 Å². The van der Waals surface area contributed by atoms with E-state index in [1.54, 1.807) is 35.0 Å². The van der Waals surface area contributed by atoms with Crippen molar-refractivity contribution in [2.24, 2.45) is 0 Å². The predicted octanol–water partition coefficient (Wildman–Crippen LogP) is 2.53. The molecule has 0 spiro atoms. The Morgan fingerprint density at radius 3 is 3.04 bits per heavy atom. The van der Waals surface area contributed by atoms with Crippen molar-refractivity contribution < 1.29 is 13.9 Å². The van der Waals surface area contributed by atoms with Gasteiger partial charge in [-0.2, -0.15) is 5.10 Å². The second-order valence-corrected chi connectivity index (χ2v) is 6.14. The summed E-state index contributed by atoms with van der Waals surface area (Å²) in [5.41, 5.74) is 0.350. The molecule has 8 heteroatoms. The molecule has 0 unspecified atom stereocenters. The van der Waals surface area contributed by atoms with E-state index in [4.69, 9.17) is 4.74 Å². The number of hydrogen-bond acceptors (Lipinski definition) is 4. The molecule has 2 amide bonds. The highest BCUT2D eigenvalue weighted by Crippen LogP contribution is 2.28. The van der Waals surface area contributed by atoms with Crippen LogP contribution < -0.4 is 10.1 Å². The number of aromatic nitrogens is 3. The number of halogens is 1. The molecule has 2 atom stereocenters. The Balaban J connectivity index is 1.67. The van der Waals surface area contributed by atoms with Gasteiger partial charge in [0.2, 0.25) is 0 Å². The van der Waals surface area contributed by atoms with Crippen LogP contribution in [-0.2, 0) is 0 Å². The van der Waals surface area contributed by atoms with Crippen molar-refractivity contribution in [3.63, 3.8) is 0 Å². The normalized spacial score (nSPS) is 18.7. The number of nitrogens with one attached hydrogen (secondary N) is 1. The maximum absolute atomic E-state index is 14.2. The maximum atomic E-state index is 14.2. The molecule has 0 aliphatic carbocycles. The summed E-state index contributed by atoms with van der Waals surface area (Å²) in [6.07, 6.45) is 4.99.